The second-order valence-electron chi connectivity index (χ2n) is 28.1. The first kappa shape index (κ1) is 97.3. The standard InChI is InChI=1S/C72H109N17O26/c1-8-35(3)18-12-10-11-13-22-50(91)79-45(28-39-32-76-41-20-15-14-19-40(39)41)67(109)82-44(24-26-54(96)97)66(108)88-59(60(102)61(75)103)70(112)87-58-38(6)115-72(114)57(36(4)9-2)86-65(107)43(23-25-53(94)95)83-68(110)46(29-49(74)90)80-51(92)33-77-63(105)47(30-55(98)99)85-64(106)42(21-16-17-27-73)81-69(111)48(31-56(100)101)84-62(104)37(5)78-52(93)34-89(7)71(58)113/h14-15,19-20,32,35-38,42-48,57-60,76,102H,8-13,16-18,21-31,33-34,73H2,1-7H3,(H2,74,90)(H2,75,103)(H,77,105)(H,78,93)(H,79,91)(H,80,92)(H,81,111)(H,82,109)(H,83,110)(H,84,104)(H,85,106)(H,86,107)(H,87,112)(H,88,108)(H,94,95)(H,96,97)(H,98,99)(H,100,101). The molecule has 1 aromatic carbocycles. The SMILES string of the molecule is CCC(C)CCCCCCC(=O)NC(Cc1c[nH]c2ccccc12)C(=O)NC(CCC(=O)O)C(=O)NC(C(=O)NC1C(=O)N(C)CC(=O)NC(C)C(=O)NC(CC(=O)O)C(=O)NC(CCCCN)C(=O)NC(CC(=O)O)C(=O)NCC(=O)NC(CC(N)=O)C(=O)NC(CCC(=O)O)C(=O)NC(C(C)CC)C(=O)OC1C)C(O)C(N)=O. The van der Waals surface area contributed by atoms with Crippen LogP contribution in [0.25, 0.3) is 10.9 Å². The minimum absolute atomic E-state index is 0.0236. The number of hydrogen-bond donors (Lipinski definition) is 21. The summed E-state index contributed by atoms with van der Waals surface area (Å²) in [7, 11) is 0.902. The van der Waals surface area contributed by atoms with Gasteiger partial charge in [0.15, 0.2) is 6.10 Å². The van der Waals surface area contributed by atoms with Crippen LogP contribution in [-0.4, -0.2) is 259 Å². The van der Waals surface area contributed by atoms with Crippen LogP contribution in [0.1, 0.15) is 163 Å². The molecule has 1 fully saturated rings. The number of carboxylic acid groups (broad SMARTS) is 4. The molecule has 15 amide bonds. The number of carboxylic acids is 4. The number of aromatic nitrogens is 1. The summed E-state index contributed by atoms with van der Waals surface area (Å²) in [6, 6.07) is -15.2. The number of aromatic amines is 1. The lowest BCUT2D eigenvalue weighted by molar-refractivity contribution is -0.159. The predicted octanol–water partition coefficient (Wildman–Crippen LogP) is -5.45. The molecule has 1 saturated heterocycles. The first-order chi connectivity index (χ1) is 54.1. The fourth-order valence-corrected chi connectivity index (χ4v) is 11.7. The first-order valence-electron chi connectivity index (χ1n) is 37.5. The van der Waals surface area contributed by atoms with Gasteiger partial charge in [0, 0.05) is 49.8 Å². The van der Waals surface area contributed by atoms with Crippen molar-refractivity contribution in [2.45, 2.75) is 242 Å². The van der Waals surface area contributed by atoms with Gasteiger partial charge in [-0.1, -0.05) is 84.4 Å². The Morgan fingerprint density at radius 1 is 0.583 bits per heavy atom. The van der Waals surface area contributed by atoms with Gasteiger partial charge in [-0.3, -0.25) is 91.1 Å². The highest BCUT2D eigenvalue weighted by Gasteiger charge is 2.43. The zero-order valence-corrected chi connectivity index (χ0v) is 65.1. The molecule has 24 N–H and O–H groups in total. The van der Waals surface area contributed by atoms with Crippen molar-refractivity contribution in [3.63, 3.8) is 0 Å². The number of ether oxygens (including phenoxy) is 1. The number of nitrogens with zero attached hydrogens (tertiary/aromatic N) is 1. The highest BCUT2D eigenvalue weighted by atomic mass is 16.5. The number of fused-ring (bicyclic) bond motifs is 1. The van der Waals surface area contributed by atoms with E-state index < -0.39 is 261 Å². The fraction of sp³-hybridized carbons (Fsp3) is 0.611. The molecule has 1 aromatic heterocycles. The van der Waals surface area contributed by atoms with E-state index in [4.69, 9.17) is 21.9 Å². The van der Waals surface area contributed by atoms with Crippen molar-refractivity contribution in [2.24, 2.45) is 29.0 Å². The quantitative estimate of drug-likeness (QED) is 0.0222. The summed E-state index contributed by atoms with van der Waals surface area (Å²) in [6.07, 6.45) is -5.60. The van der Waals surface area contributed by atoms with Gasteiger partial charge in [0.25, 0.3) is 0 Å². The third kappa shape index (κ3) is 34.1. The Bertz CT molecular complexity index is 3820. The number of aliphatic hydroxyl groups is 1. The van der Waals surface area contributed by atoms with Gasteiger partial charge < -0.3 is 121 Å². The summed E-state index contributed by atoms with van der Waals surface area (Å²) in [4.78, 5) is 276. The molecule has 2 aromatic rings. The Kier molecular flexibility index (Phi) is 41.3. The van der Waals surface area contributed by atoms with E-state index in [1.54, 1.807) is 30.5 Å². The van der Waals surface area contributed by atoms with Gasteiger partial charge in [-0.05, 0) is 82.4 Å². The number of nitrogens with two attached hydrogens (primary N) is 3. The Labute approximate surface area is 660 Å². The Morgan fingerprint density at radius 3 is 1.74 bits per heavy atom. The average molecular weight is 1630 g/mol. The minimum atomic E-state index is -2.80. The lowest BCUT2D eigenvalue weighted by Gasteiger charge is -2.32. The maximum absolute atomic E-state index is 15.0. The maximum atomic E-state index is 15.0. The topological polar surface area (TPSA) is 693 Å². The summed E-state index contributed by atoms with van der Waals surface area (Å²) >= 11 is 0. The van der Waals surface area contributed by atoms with Crippen LogP contribution < -0.4 is 81.0 Å². The van der Waals surface area contributed by atoms with Crippen LogP contribution in [0.4, 0.5) is 0 Å². The lowest BCUT2D eigenvalue weighted by atomic mass is 9.98. The summed E-state index contributed by atoms with van der Waals surface area (Å²) in [5, 5.41) is 77.7. The van der Waals surface area contributed by atoms with Crippen molar-refractivity contribution in [2.75, 3.05) is 26.7 Å². The molecule has 0 spiro atoms. The van der Waals surface area contributed by atoms with Crippen molar-refractivity contribution in [1.29, 1.82) is 0 Å². The zero-order chi connectivity index (χ0) is 86.5. The van der Waals surface area contributed by atoms with Crippen molar-refractivity contribution >= 4 is 129 Å². The van der Waals surface area contributed by atoms with Gasteiger partial charge in [-0.2, -0.15) is 0 Å². The molecule has 1 aliphatic rings. The number of para-hydroxylation sites is 1. The van der Waals surface area contributed by atoms with E-state index in [9.17, 15) is 121 Å². The summed E-state index contributed by atoms with van der Waals surface area (Å²) in [5.74, 6) is -28.5. The van der Waals surface area contributed by atoms with Crippen LogP contribution in [0.5, 0.6) is 0 Å². The summed E-state index contributed by atoms with van der Waals surface area (Å²) in [5.41, 5.74) is 17.7. The minimum Gasteiger partial charge on any atom is -0.481 e. The molecule has 15 unspecified atom stereocenters. The van der Waals surface area contributed by atoms with Gasteiger partial charge in [0.1, 0.15) is 72.6 Å². The number of unbranched alkanes of at least 4 members (excludes halogenated alkanes) is 4. The summed E-state index contributed by atoms with van der Waals surface area (Å²) < 4.78 is 5.75. The number of nitrogens with one attached hydrogen (secondary N) is 13. The molecule has 15 atom stereocenters. The number of carbonyl (C=O) groups is 20. The van der Waals surface area contributed by atoms with E-state index in [-0.39, 0.29) is 45.1 Å². The van der Waals surface area contributed by atoms with E-state index in [0.717, 1.165) is 46.6 Å². The molecule has 43 heteroatoms. The Balaban J connectivity index is 2.26. The number of hydrogen-bond acceptors (Lipinski definition) is 23. The van der Waals surface area contributed by atoms with Crippen LogP contribution in [0.2, 0.25) is 0 Å². The van der Waals surface area contributed by atoms with Crippen molar-refractivity contribution in [1.82, 2.24) is 73.7 Å². The number of cyclic esters (lactones) is 1. The van der Waals surface area contributed by atoms with E-state index in [1.165, 1.54) is 13.8 Å². The molecule has 115 heavy (non-hydrogen) atoms. The second kappa shape index (κ2) is 48.9. The average Bonchev–Trinajstić information content (AvgIpc) is 1.77. The number of benzene rings is 1. The zero-order valence-electron chi connectivity index (χ0n) is 65.1. The van der Waals surface area contributed by atoms with Gasteiger partial charge >= 0.3 is 29.8 Å². The number of likely N-dealkylation sites (N-methyl/N-ethyl adjacent to an activating group) is 1. The molecule has 43 nitrogen and oxygen atoms in total. The van der Waals surface area contributed by atoms with Crippen LogP contribution in [0.3, 0.4) is 0 Å². The molecule has 0 saturated carbocycles. The number of esters is 1. The third-order valence-corrected chi connectivity index (χ3v) is 18.8. The van der Waals surface area contributed by atoms with E-state index in [0.29, 0.717) is 40.1 Å². The molecule has 3 rings (SSSR count). The molecule has 0 bridgehead atoms. The normalized spacial score (nSPS) is 21.9. The summed E-state index contributed by atoms with van der Waals surface area (Å²) in [6.45, 7) is 6.78. The smallest absolute Gasteiger partial charge is 0.329 e. The molecular formula is C72H109N17O26. The Morgan fingerprint density at radius 2 is 1.15 bits per heavy atom. The number of primary amides is 2. The Hall–Kier alpha value is -11.9. The second-order valence-corrected chi connectivity index (χ2v) is 28.1. The van der Waals surface area contributed by atoms with Crippen LogP contribution in [-0.2, 0) is 107 Å². The number of carbonyl (C=O) groups excluding carboxylic acids is 16. The van der Waals surface area contributed by atoms with Gasteiger partial charge in [-0.15, -0.1) is 0 Å². The van der Waals surface area contributed by atoms with Crippen LogP contribution in [0.15, 0.2) is 30.5 Å². The number of rotatable bonds is 37. The predicted molar refractivity (Wildman–Crippen MR) is 402 cm³/mol. The molecule has 1 aliphatic heterocycles. The molecule has 0 radical (unpaired) electrons. The monoisotopic (exact) mass is 1630 g/mol. The molecule has 0 aliphatic carbocycles. The largest absolute Gasteiger partial charge is 0.481 e. The van der Waals surface area contributed by atoms with Crippen molar-refractivity contribution in [3.8, 4) is 0 Å². The fourth-order valence-electron chi connectivity index (χ4n) is 11.7. The number of amides is 15. The van der Waals surface area contributed by atoms with Crippen LogP contribution in [0, 0.1) is 11.8 Å². The van der Waals surface area contributed by atoms with E-state index in [2.05, 4.69) is 72.0 Å². The van der Waals surface area contributed by atoms with Crippen molar-refractivity contribution < 1.29 is 126 Å². The highest BCUT2D eigenvalue weighted by Crippen LogP contribution is 2.21. The maximum Gasteiger partial charge on any atom is 0.329 e. The number of H-pyrrole nitrogens is 1. The number of aliphatic carboxylic acids is 4. The molecular weight excluding hydrogens is 1520 g/mol. The van der Waals surface area contributed by atoms with E-state index >= 15 is 0 Å². The highest BCUT2D eigenvalue weighted by molar-refractivity contribution is 6.02. The number of aliphatic hydroxyl groups excluding tert-OH is 1. The van der Waals surface area contributed by atoms with Crippen molar-refractivity contribution in [3.05, 3.63) is 36.0 Å². The van der Waals surface area contributed by atoms with Gasteiger partial charge in [0.2, 0.25) is 88.6 Å². The lowest BCUT2D eigenvalue weighted by Crippen LogP contribution is -2.64. The third-order valence-electron chi connectivity index (χ3n) is 18.8. The van der Waals surface area contributed by atoms with Gasteiger partial charge in [0.05, 0.1) is 32.4 Å². The van der Waals surface area contributed by atoms with E-state index in [1.807, 2.05) is 10.6 Å². The molecule has 638 valence electrons. The van der Waals surface area contributed by atoms with Crippen LogP contribution >= 0.6 is 0 Å². The first-order valence-corrected chi connectivity index (χ1v) is 37.5. The molecule has 2 heterocycles. The van der Waals surface area contributed by atoms with Gasteiger partial charge in [-0.25, -0.2) is 4.79 Å².